The first kappa shape index (κ1) is 20.1. The van der Waals surface area contributed by atoms with Crippen molar-refractivity contribution in [1.29, 1.82) is 5.26 Å². The van der Waals surface area contributed by atoms with Crippen LogP contribution in [0.2, 0.25) is 0 Å². The maximum atomic E-state index is 13.2. The van der Waals surface area contributed by atoms with Crippen LogP contribution < -0.4 is 5.32 Å². The van der Waals surface area contributed by atoms with Crippen molar-refractivity contribution in [3.05, 3.63) is 88.5 Å². The van der Waals surface area contributed by atoms with Crippen LogP contribution >= 0.6 is 0 Å². The second-order valence-corrected chi connectivity index (χ2v) is 6.77. The molecule has 4 nitrogen and oxygen atoms in total. The van der Waals surface area contributed by atoms with E-state index in [1.165, 1.54) is 12.1 Å². The van der Waals surface area contributed by atoms with Gasteiger partial charge in [0.25, 0.3) is 5.91 Å². The van der Waals surface area contributed by atoms with Gasteiger partial charge in [-0.25, -0.2) is 4.39 Å². The number of benzene rings is 2. The summed E-state index contributed by atoms with van der Waals surface area (Å²) >= 11 is 0. The van der Waals surface area contributed by atoms with Crippen LogP contribution in [0.3, 0.4) is 0 Å². The molecule has 0 atom stereocenters. The summed E-state index contributed by atoms with van der Waals surface area (Å²) in [6.45, 7) is 5.84. The Morgan fingerprint density at radius 2 is 1.86 bits per heavy atom. The maximum absolute atomic E-state index is 13.2. The van der Waals surface area contributed by atoms with Crippen molar-refractivity contribution in [2.45, 2.75) is 27.2 Å². The van der Waals surface area contributed by atoms with Crippen LogP contribution in [-0.4, -0.2) is 10.5 Å². The molecule has 0 bridgehead atoms. The van der Waals surface area contributed by atoms with E-state index in [1.54, 1.807) is 18.2 Å². The number of aryl methyl sites for hydroxylation is 2. The Labute approximate surface area is 169 Å². The quantitative estimate of drug-likeness (QED) is 0.474. The molecule has 0 unspecified atom stereocenters. The van der Waals surface area contributed by atoms with Gasteiger partial charge in [-0.05, 0) is 73.9 Å². The fraction of sp³-hybridized carbons (Fsp3) is 0.167. The molecule has 0 spiro atoms. The van der Waals surface area contributed by atoms with Gasteiger partial charge in [0, 0.05) is 22.8 Å². The van der Waals surface area contributed by atoms with Gasteiger partial charge in [-0.3, -0.25) is 4.79 Å². The highest BCUT2D eigenvalue weighted by Crippen LogP contribution is 2.24. The summed E-state index contributed by atoms with van der Waals surface area (Å²) in [5.74, 6) is -0.743. The Bertz CT molecular complexity index is 1120. The number of amides is 1. The minimum atomic E-state index is -0.444. The second kappa shape index (κ2) is 8.57. The number of aromatic nitrogens is 1. The minimum absolute atomic E-state index is 0.0234. The number of hydrogen-bond acceptors (Lipinski definition) is 2. The highest BCUT2D eigenvalue weighted by Gasteiger charge is 2.15. The van der Waals surface area contributed by atoms with Crippen LogP contribution in [0.15, 0.2) is 60.2 Å². The Morgan fingerprint density at radius 3 is 2.52 bits per heavy atom. The average Bonchev–Trinajstić information content (AvgIpc) is 3.00. The molecular weight excluding hydrogens is 365 g/mol. The number of hydrogen-bond donors (Lipinski definition) is 1. The molecule has 1 amide bonds. The lowest BCUT2D eigenvalue weighted by Crippen LogP contribution is -2.14. The summed E-state index contributed by atoms with van der Waals surface area (Å²) in [6.07, 6.45) is 2.37. The molecule has 0 radical (unpaired) electrons. The number of nitrogens with zero attached hydrogens (tertiary/aromatic N) is 2. The van der Waals surface area contributed by atoms with Gasteiger partial charge in [-0.1, -0.05) is 25.1 Å². The molecule has 0 aliphatic rings. The molecule has 3 aromatic rings. The van der Waals surface area contributed by atoms with Gasteiger partial charge < -0.3 is 9.88 Å². The van der Waals surface area contributed by atoms with Crippen molar-refractivity contribution in [2.75, 3.05) is 5.32 Å². The number of carbonyl (C=O) groups is 1. The van der Waals surface area contributed by atoms with Crippen LogP contribution in [-0.2, 0) is 11.2 Å². The summed E-state index contributed by atoms with van der Waals surface area (Å²) in [4.78, 5) is 12.7. The number of nitriles is 1. The number of nitrogens with one attached hydrogen (secondary N) is 1. The SMILES string of the molecule is CCc1ccccc1NC(=O)/C(C#N)=C\c1cc(C)n(-c2ccc(F)cc2)c1C. The van der Waals surface area contributed by atoms with Gasteiger partial charge in [0.2, 0.25) is 0 Å². The third-order valence-electron chi connectivity index (χ3n) is 4.87. The summed E-state index contributed by atoms with van der Waals surface area (Å²) in [5, 5.41) is 12.4. The van der Waals surface area contributed by atoms with E-state index in [-0.39, 0.29) is 11.4 Å². The fourth-order valence-electron chi connectivity index (χ4n) is 3.37. The zero-order valence-electron chi connectivity index (χ0n) is 16.7. The monoisotopic (exact) mass is 387 g/mol. The first-order valence-corrected chi connectivity index (χ1v) is 9.40. The predicted molar refractivity (Wildman–Crippen MR) is 113 cm³/mol. The standard InChI is InChI=1S/C24H22FN3O/c1-4-18-7-5-6-8-23(18)27-24(29)20(15-26)14-19-13-16(2)28(17(19)3)22-11-9-21(25)10-12-22/h5-14H,4H2,1-3H3,(H,27,29)/b20-14-. The van der Waals surface area contributed by atoms with E-state index in [0.717, 1.165) is 34.6 Å². The normalized spacial score (nSPS) is 11.2. The molecule has 0 aliphatic carbocycles. The lowest BCUT2D eigenvalue weighted by Gasteiger charge is -2.10. The molecule has 3 rings (SSSR count). The van der Waals surface area contributed by atoms with E-state index >= 15 is 0 Å². The van der Waals surface area contributed by atoms with Crippen molar-refractivity contribution < 1.29 is 9.18 Å². The summed E-state index contributed by atoms with van der Waals surface area (Å²) in [7, 11) is 0. The van der Waals surface area contributed by atoms with Crippen molar-refractivity contribution in [3.63, 3.8) is 0 Å². The molecule has 0 saturated carbocycles. The molecule has 0 fully saturated rings. The fourth-order valence-corrected chi connectivity index (χ4v) is 3.37. The van der Waals surface area contributed by atoms with E-state index in [0.29, 0.717) is 5.69 Å². The Morgan fingerprint density at radius 1 is 1.17 bits per heavy atom. The number of carbonyl (C=O) groups excluding carboxylic acids is 1. The zero-order chi connectivity index (χ0) is 21.0. The van der Waals surface area contributed by atoms with Crippen molar-refractivity contribution in [3.8, 4) is 11.8 Å². The van der Waals surface area contributed by atoms with Crippen LogP contribution in [0.25, 0.3) is 11.8 Å². The molecule has 5 heteroatoms. The van der Waals surface area contributed by atoms with Gasteiger partial charge in [0.1, 0.15) is 17.5 Å². The van der Waals surface area contributed by atoms with E-state index < -0.39 is 5.91 Å². The van der Waals surface area contributed by atoms with Crippen LogP contribution in [0, 0.1) is 31.0 Å². The summed E-state index contributed by atoms with van der Waals surface area (Å²) in [5.41, 5.74) is 5.11. The first-order chi connectivity index (χ1) is 13.9. The average molecular weight is 387 g/mol. The summed E-state index contributed by atoms with van der Waals surface area (Å²) in [6, 6.07) is 17.6. The van der Waals surface area contributed by atoms with Crippen LogP contribution in [0.4, 0.5) is 10.1 Å². The molecule has 1 aromatic heterocycles. The molecular formula is C24H22FN3O. The Balaban J connectivity index is 1.93. The maximum Gasteiger partial charge on any atom is 0.266 e. The van der Waals surface area contributed by atoms with Gasteiger partial charge >= 0.3 is 0 Å². The largest absolute Gasteiger partial charge is 0.321 e. The van der Waals surface area contributed by atoms with Gasteiger partial charge in [0.05, 0.1) is 0 Å². The van der Waals surface area contributed by atoms with E-state index in [1.807, 2.05) is 61.7 Å². The van der Waals surface area contributed by atoms with Crippen molar-refractivity contribution in [2.24, 2.45) is 0 Å². The third kappa shape index (κ3) is 4.27. The number of para-hydroxylation sites is 1. The minimum Gasteiger partial charge on any atom is -0.321 e. The zero-order valence-corrected chi connectivity index (χ0v) is 16.7. The highest BCUT2D eigenvalue weighted by molar-refractivity contribution is 6.10. The first-order valence-electron chi connectivity index (χ1n) is 9.40. The Hall–Kier alpha value is -3.65. The topological polar surface area (TPSA) is 57.8 Å². The smallest absolute Gasteiger partial charge is 0.266 e. The van der Waals surface area contributed by atoms with Crippen LogP contribution in [0.1, 0.15) is 29.4 Å². The summed E-state index contributed by atoms with van der Waals surface area (Å²) < 4.78 is 15.2. The second-order valence-electron chi connectivity index (χ2n) is 6.77. The predicted octanol–water partition coefficient (Wildman–Crippen LogP) is 5.34. The van der Waals surface area contributed by atoms with Gasteiger partial charge in [0.15, 0.2) is 0 Å². The lowest BCUT2D eigenvalue weighted by atomic mass is 10.1. The number of halogens is 1. The van der Waals surface area contributed by atoms with E-state index in [4.69, 9.17) is 0 Å². The number of anilines is 1. The van der Waals surface area contributed by atoms with E-state index in [2.05, 4.69) is 5.32 Å². The van der Waals surface area contributed by atoms with Crippen LogP contribution in [0.5, 0.6) is 0 Å². The van der Waals surface area contributed by atoms with Gasteiger partial charge in [-0.2, -0.15) is 5.26 Å². The number of rotatable bonds is 5. The van der Waals surface area contributed by atoms with Crippen molar-refractivity contribution >= 4 is 17.7 Å². The van der Waals surface area contributed by atoms with Gasteiger partial charge in [-0.15, -0.1) is 0 Å². The molecule has 29 heavy (non-hydrogen) atoms. The molecule has 0 aliphatic heterocycles. The molecule has 0 saturated heterocycles. The molecule has 1 heterocycles. The Kier molecular flexibility index (Phi) is 5.94. The lowest BCUT2D eigenvalue weighted by molar-refractivity contribution is -0.112. The molecule has 2 aromatic carbocycles. The molecule has 146 valence electrons. The highest BCUT2D eigenvalue weighted by atomic mass is 19.1. The molecule has 1 N–H and O–H groups in total. The van der Waals surface area contributed by atoms with E-state index in [9.17, 15) is 14.4 Å². The van der Waals surface area contributed by atoms with Crippen molar-refractivity contribution in [1.82, 2.24) is 4.57 Å². The third-order valence-corrected chi connectivity index (χ3v) is 4.87.